The monoisotopic (exact) mass is 1410 g/mol. The highest BCUT2D eigenvalue weighted by Gasteiger charge is 2.30. The first-order valence-electron chi connectivity index (χ1n) is 39.7. The van der Waals surface area contributed by atoms with E-state index in [1.54, 1.807) is 0 Å². The minimum atomic E-state index is -4.96. The van der Waals surface area contributed by atoms with Crippen LogP contribution in [0.5, 0.6) is 0 Å². The number of ether oxygens (including phenoxy) is 4. The van der Waals surface area contributed by atoms with Crippen molar-refractivity contribution in [2.75, 3.05) is 39.6 Å². The number of aliphatic hydroxyl groups excluding tert-OH is 1. The quantitative estimate of drug-likeness (QED) is 0.0222. The first-order chi connectivity index (χ1) is 46.1. The molecule has 0 spiro atoms. The van der Waals surface area contributed by atoms with E-state index in [9.17, 15) is 43.2 Å². The molecular weight excluding hydrogens is 1260 g/mol. The van der Waals surface area contributed by atoms with Crippen molar-refractivity contribution in [3.63, 3.8) is 0 Å². The van der Waals surface area contributed by atoms with E-state index in [0.29, 0.717) is 25.7 Å². The van der Waals surface area contributed by atoms with Crippen LogP contribution in [-0.2, 0) is 65.4 Å². The molecule has 0 heterocycles. The van der Waals surface area contributed by atoms with E-state index in [4.69, 9.17) is 37.0 Å². The maximum absolute atomic E-state index is 13.1. The molecule has 0 aliphatic rings. The number of esters is 4. The predicted octanol–water partition coefficient (Wildman–Crippen LogP) is 22.4. The number of unbranched alkanes of at least 4 members (excludes halogenated alkanes) is 39. The van der Waals surface area contributed by atoms with Gasteiger partial charge in [-0.2, -0.15) is 0 Å². The molecule has 0 aromatic carbocycles. The molecule has 0 aliphatic heterocycles. The minimum absolute atomic E-state index is 0.105. The highest BCUT2D eigenvalue weighted by atomic mass is 31.2. The van der Waals surface area contributed by atoms with Gasteiger partial charge in [-0.3, -0.25) is 37.3 Å². The second-order valence-corrected chi connectivity index (χ2v) is 32.3. The Balaban J connectivity index is 5.24. The topological polar surface area (TPSA) is 237 Å². The lowest BCUT2D eigenvalue weighted by Crippen LogP contribution is -2.30. The molecule has 0 fully saturated rings. The standard InChI is InChI=1S/C77H150O17P2/c1-9-70(8)56-48-40-32-23-18-19-25-36-44-52-60-77(82)94-73(64-88-75(80)58-50-42-34-28-27-31-39-47-55-69(6)7)66-92-96(85,86)90-62-71(78)61-89-95(83,84)91-65-72(63-87-74(79)57-49-41-33-26-20-22-30-38-46-54-68(4)5)93-76(81)59-51-43-35-24-17-15-13-11-10-12-14-16-21-29-37-45-53-67(2)3/h67-73,78H,9-66H2,1-8H3,(H,83,84)(H,85,86)/t70?,71?,72-,73-/m1/s1. The number of phosphoric ester groups is 2. The molecule has 3 N–H and O–H groups in total. The summed E-state index contributed by atoms with van der Waals surface area (Å²) in [5.74, 6) is 0.962. The zero-order valence-corrected chi connectivity index (χ0v) is 64.8. The van der Waals surface area contributed by atoms with Gasteiger partial charge in [0.15, 0.2) is 12.2 Å². The van der Waals surface area contributed by atoms with Gasteiger partial charge in [0, 0.05) is 25.7 Å². The Labute approximate surface area is 588 Å². The summed E-state index contributed by atoms with van der Waals surface area (Å²) in [5.41, 5.74) is 0. The van der Waals surface area contributed by atoms with Gasteiger partial charge in [-0.15, -0.1) is 0 Å². The van der Waals surface area contributed by atoms with Crippen LogP contribution in [0.1, 0.15) is 389 Å². The number of phosphoric acid groups is 2. The minimum Gasteiger partial charge on any atom is -0.462 e. The lowest BCUT2D eigenvalue weighted by Gasteiger charge is -2.21. The third-order valence-corrected chi connectivity index (χ3v) is 20.1. The summed E-state index contributed by atoms with van der Waals surface area (Å²) in [4.78, 5) is 72.9. The number of carbonyl (C=O) groups is 4. The van der Waals surface area contributed by atoms with Crippen LogP contribution in [-0.4, -0.2) is 96.7 Å². The van der Waals surface area contributed by atoms with Crippen LogP contribution in [0.3, 0.4) is 0 Å². The third-order valence-electron chi connectivity index (χ3n) is 18.2. The van der Waals surface area contributed by atoms with Gasteiger partial charge in [0.1, 0.15) is 19.3 Å². The van der Waals surface area contributed by atoms with Crippen molar-refractivity contribution in [1.82, 2.24) is 0 Å². The molecule has 0 saturated heterocycles. The Hall–Kier alpha value is -1.94. The van der Waals surface area contributed by atoms with Gasteiger partial charge in [0.05, 0.1) is 26.4 Å². The number of rotatable bonds is 74. The lowest BCUT2D eigenvalue weighted by molar-refractivity contribution is -0.161. The fourth-order valence-electron chi connectivity index (χ4n) is 11.7. The molecular formula is C77H150O17P2. The van der Waals surface area contributed by atoms with Gasteiger partial charge in [0.2, 0.25) is 0 Å². The Morgan fingerprint density at radius 3 is 0.740 bits per heavy atom. The van der Waals surface area contributed by atoms with Crippen LogP contribution in [0.15, 0.2) is 0 Å². The van der Waals surface area contributed by atoms with E-state index >= 15 is 0 Å². The summed E-state index contributed by atoms with van der Waals surface area (Å²) in [6.07, 6.45) is 51.3. The van der Waals surface area contributed by atoms with Gasteiger partial charge in [0.25, 0.3) is 0 Å². The first-order valence-corrected chi connectivity index (χ1v) is 42.7. The molecule has 0 aromatic heterocycles. The second kappa shape index (κ2) is 66.3. The molecule has 0 bridgehead atoms. The largest absolute Gasteiger partial charge is 0.472 e. The van der Waals surface area contributed by atoms with Gasteiger partial charge in [-0.1, -0.05) is 338 Å². The van der Waals surface area contributed by atoms with Crippen LogP contribution in [0.4, 0.5) is 0 Å². The summed E-state index contributed by atoms with van der Waals surface area (Å²) >= 11 is 0. The molecule has 0 amide bonds. The first kappa shape index (κ1) is 94.1. The molecule has 96 heavy (non-hydrogen) atoms. The van der Waals surface area contributed by atoms with E-state index < -0.39 is 97.5 Å². The summed E-state index contributed by atoms with van der Waals surface area (Å²) in [5, 5.41) is 10.6. The van der Waals surface area contributed by atoms with Crippen LogP contribution in [0.2, 0.25) is 0 Å². The maximum atomic E-state index is 13.1. The Morgan fingerprint density at radius 2 is 0.500 bits per heavy atom. The number of hydrogen-bond donors (Lipinski definition) is 3. The highest BCUT2D eigenvalue weighted by molar-refractivity contribution is 7.47. The molecule has 0 aromatic rings. The smallest absolute Gasteiger partial charge is 0.462 e. The molecule has 570 valence electrons. The Morgan fingerprint density at radius 1 is 0.292 bits per heavy atom. The van der Waals surface area contributed by atoms with Crippen molar-refractivity contribution in [2.24, 2.45) is 23.7 Å². The Bertz CT molecular complexity index is 1890. The molecule has 19 heteroatoms. The molecule has 4 unspecified atom stereocenters. The van der Waals surface area contributed by atoms with Crippen LogP contribution < -0.4 is 0 Å². The van der Waals surface area contributed by atoms with Crippen LogP contribution in [0.25, 0.3) is 0 Å². The summed E-state index contributed by atoms with van der Waals surface area (Å²) in [6, 6.07) is 0. The van der Waals surface area contributed by atoms with Gasteiger partial charge < -0.3 is 33.8 Å². The van der Waals surface area contributed by atoms with Gasteiger partial charge in [-0.25, -0.2) is 9.13 Å². The number of aliphatic hydroxyl groups is 1. The Kier molecular flexibility index (Phi) is 65.0. The summed E-state index contributed by atoms with van der Waals surface area (Å²) in [7, 11) is -9.92. The van der Waals surface area contributed by atoms with Crippen LogP contribution in [0, 0.1) is 23.7 Å². The van der Waals surface area contributed by atoms with Crippen molar-refractivity contribution in [3.8, 4) is 0 Å². The SMILES string of the molecule is CCC(C)CCCCCCCCCCCCC(=O)O[C@H](COC(=O)CCCCCCCCCCC(C)C)COP(=O)(O)OCC(O)COP(=O)(O)OC[C@@H](COC(=O)CCCCCCCCCCCC(C)C)OC(=O)CCCCCCCCCCCCCCCCCCC(C)C. The van der Waals surface area contributed by atoms with Crippen molar-refractivity contribution in [3.05, 3.63) is 0 Å². The zero-order chi connectivity index (χ0) is 71.0. The molecule has 0 aliphatic carbocycles. The molecule has 0 saturated carbocycles. The lowest BCUT2D eigenvalue weighted by atomic mass is 9.99. The summed E-state index contributed by atoms with van der Waals surface area (Å²) < 4.78 is 68.6. The maximum Gasteiger partial charge on any atom is 0.472 e. The average Bonchev–Trinajstić information content (AvgIpc) is 1.52. The second-order valence-electron chi connectivity index (χ2n) is 29.4. The fourth-order valence-corrected chi connectivity index (χ4v) is 13.3. The van der Waals surface area contributed by atoms with Crippen molar-refractivity contribution in [2.45, 2.75) is 408 Å². The fraction of sp³-hybridized carbons (Fsp3) is 0.948. The van der Waals surface area contributed by atoms with Crippen LogP contribution >= 0.6 is 15.6 Å². The van der Waals surface area contributed by atoms with E-state index in [-0.39, 0.29) is 25.7 Å². The van der Waals surface area contributed by atoms with E-state index in [0.717, 1.165) is 114 Å². The summed E-state index contributed by atoms with van der Waals surface area (Å²) in [6.45, 7) is 14.2. The number of hydrogen-bond acceptors (Lipinski definition) is 15. The highest BCUT2D eigenvalue weighted by Crippen LogP contribution is 2.45. The van der Waals surface area contributed by atoms with Gasteiger partial charge in [-0.05, 0) is 49.4 Å². The molecule has 0 radical (unpaired) electrons. The van der Waals surface area contributed by atoms with Gasteiger partial charge >= 0.3 is 39.5 Å². The molecule has 6 atom stereocenters. The van der Waals surface area contributed by atoms with Crippen molar-refractivity contribution >= 4 is 39.5 Å². The molecule has 0 rings (SSSR count). The average molecular weight is 1410 g/mol. The van der Waals surface area contributed by atoms with E-state index in [2.05, 4.69) is 55.4 Å². The number of carbonyl (C=O) groups excluding carboxylic acids is 4. The third kappa shape index (κ3) is 69.2. The van der Waals surface area contributed by atoms with Crippen molar-refractivity contribution in [1.29, 1.82) is 0 Å². The van der Waals surface area contributed by atoms with Crippen molar-refractivity contribution < 1.29 is 80.2 Å². The molecule has 17 nitrogen and oxygen atoms in total. The normalized spacial score (nSPS) is 14.4. The van der Waals surface area contributed by atoms with E-state index in [1.807, 2.05) is 0 Å². The zero-order valence-electron chi connectivity index (χ0n) is 63.0. The van der Waals surface area contributed by atoms with E-state index in [1.165, 1.54) is 193 Å². The predicted molar refractivity (Wildman–Crippen MR) is 391 cm³/mol.